The molecule has 3 N–H and O–H groups in total. The van der Waals surface area contributed by atoms with Crippen LogP contribution < -0.4 is 5.32 Å². The van der Waals surface area contributed by atoms with Gasteiger partial charge in [-0.3, -0.25) is 9.69 Å². The number of alkyl halides is 6. The number of aliphatic carboxylic acids is 2. The molecule has 3 atom stereocenters. The van der Waals surface area contributed by atoms with Crippen LogP contribution in [0.15, 0.2) is 46.3 Å². The van der Waals surface area contributed by atoms with Crippen LogP contribution in [0.25, 0.3) is 0 Å². The van der Waals surface area contributed by atoms with E-state index in [0.29, 0.717) is 42.0 Å². The molecule has 8 nitrogen and oxygen atoms in total. The maximum absolute atomic E-state index is 13.4. The summed E-state index contributed by atoms with van der Waals surface area (Å²) < 4.78 is 78.7. The number of nitrogens with one attached hydrogen (secondary N) is 1. The molecule has 0 unspecified atom stereocenters. The van der Waals surface area contributed by atoms with E-state index in [9.17, 15) is 40.7 Å². The minimum absolute atomic E-state index is 0.0764. The highest BCUT2D eigenvalue weighted by atomic mass is 32.2. The number of terminal acetylenes is 1. The van der Waals surface area contributed by atoms with Gasteiger partial charge in [-0.25, -0.2) is 9.59 Å². The summed E-state index contributed by atoms with van der Waals surface area (Å²) in [6, 6.07) is 1.78. The number of allylic oxidation sites excluding steroid dienone is 1. The lowest BCUT2D eigenvalue weighted by Crippen LogP contribution is -2.26. The molecule has 214 valence electrons. The van der Waals surface area contributed by atoms with E-state index < -0.39 is 35.4 Å². The summed E-state index contributed by atoms with van der Waals surface area (Å²) in [5, 5.41) is 18.2. The third-order valence-electron chi connectivity index (χ3n) is 6.18. The number of carboxylic acid groups (broad SMARTS) is 2. The maximum atomic E-state index is 13.4. The largest absolute Gasteiger partial charge is 0.478 e. The van der Waals surface area contributed by atoms with Crippen LogP contribution >= 0.6 is 11.8 Å². The first-order valence-electron chi connectivity index (χ1n) is 11.4. The molecule has 1 saturated heterocycles. The predicted molar refractivity (Wildman–Crippen MR) is 132 cm³/mol. The number of halogens is 6. The van der Waals surface area contributed by atoms with Crippen LogP contribution in [0.4, 0.5) is 31.1 Å². The number of carbonyl (C=O) groups excluding carboxylic acids is 1. The first-order chi connectivity index (χ1) is 18.6. The molecule has 3 aliphatic rings. The molecule has 1 aromatic carbocycles. The van der Waals surface area contributed by atoms with Crippen LogP contribution in [0, 0.1) is 30.1 Å². The molecule has 0 bridgehead atoms. The SMILES string of the molecule is C#CCNC1=NC(=O)S/C1=C\[C@@H]1[C@H]2CN(Cc3ccc(C(F)(F)F)cc3C(F)(F)F)C[C@@H]12.O=C(O)/C=C\C(=O)O. The number of hydrogen-bond donors (Lipinski definition) is 3. The van der Waals surface area contributed by atoms with Gasteiger partial charge >= 0.3 is 29.5 Å². The van der Waals surface area contributed by atoms with E-state index in [4.69, 9.17) is 16.6 Å². The van der Waals surface area contributed by atoms with Crippen molar-refractivity contribution in [3.8, 4) is 12.3 Å². The van der Waals surface area contributed by atoms with Crippen LogP contribution in [0.5, 0.6) is 0 Å². The van der Waals surface area contributed by atoms with Crippen molar-refractivity contribution in [1.29, 1.82) is 0 Å². The number of benzene rings is 1. The van der Waals surface area contributed by atoms with E-state index in [2.05, 4.69) is 16.2 Å². The second kappa shape index (κ2) is 12.2. The van der Waals surface area contributed by atoms with Crippen molar-refractivity contribution in [3.63, 3.8) is 0 Å². The molecule has 2 aliphatic heterocycles. The molecule has 1 aromatic rings. The molecule has 0 aromatic heterocycles. The molecule has 1 aliphatic carbocycles. The number of amides is 1. The van der Waals surface area contributed by atoms with Crippen molar-refractivity contribution in [2.75, 3.05) is 19.6 Å². The number of thioether (sulfide) groups is 1. The Hall–Kier alpha value is -3.77. The number of hydrogen-bond acceptors (Lipinski definition) is 6. The average Bonchev–Trinajstić information content (AvgIpc) is 3.13. The highest BCUT2D eigenvalue weighted by Gasteiger charge is 2.54. The van der Waals surface area contributed by atoms with E-state index in [0.717, 1.165) is 17.8 Å². The summed E-state index contributed by atoms with van der Waals surface area (Å²) in [5.41, 5.74) is -2.75. The van der Waals surface area contributed by atoms with Crippen molar-refractivity contribution in [1.82, 2.24) is 10.2 Å². The molecule has 1 amide bonds. The summed E-state index contributed by atoms with van der Waals surface area (Å²) in [7, 11) is 0. The van der Waals surface area contributed by atoms with Crippen molar-refractivity contribution >= 4 is 34.8 Å². The van der Waals surface area contributed by atoms with Crippen LogP contribution in [0.1, 0.15) is 16.7 Å². The minimum Gasteiger partial charge on any atom is -0.478 e. The molecule has 0 radical (unpaired) electrons. The van der Waals surface area contributed by atoms with E-state index in [1.807, 2.05) is 11.0 Å². The summed E-state index contributed by atoms with van der Waals surface area (Å²) in [5.74, 6) is 0.933. The molecule has 0 spiro atoms. The zero-order valence-corrected chi connectivity index (χ0v) is 21.1. The number of amidine groups is 1. The number of likely N-dealkylation sites (tertiary alicyclic amines) is 1. The number of aliphatic imine (C=N–C) groups is 1. The van der Waals surface area contributed by atoms with Crippen LogP contribution in [0.3, 0.4) is 0 Å². The Bertz CT molecular complexity index is 1290. The fourth-order valence-corrected chi connectivity index (χ4v) is 5.20. The molecular weight excluding hydrogens is 568 g/mol. The van der Waals surface area contributed by atoms with Crippen molar-refractivity contribution in [2.45, 2.75) is 18.9 Å². The van der Waals surface area contributed by atoms with E-state index >= 15 is 0 Å². The van der Waals surface area contributed by atoms with Crippen LogP contribution in [-0.4, -0.2) is 57.8 Å². The second-order valence-corrected chi connectivity index (χ2v) is 9.89. The average molecular weight is 590 g/mol. The normalized spacial score (nSPS) is 23.3. The van der Waals surface area contributed by atoms with Crippen molar-refractivity contribution in [3.05, 3.63) is 58.0 Å². The summed E-state index contributed by atoms with van der Waals surface area (Å²) in [6.07, 6.45) is -1.44. The summed E-state index contributed by atoms with van der Waals surface area (Å²) in [6.45, 7) is 1.21. The summed E-state index contributed by atoms with van der Waals surface area (Å²) >= 11 is 0.999. The quantitative estimate of drug-likeness (QED) is 0.253. The smallest absolute Gasteiger partial charge is 0.416 e. The molecule has 2 heterocycles. The third-order valence-corrected chi connectivity index (χ3v) is 6.99. The van der Waals surface area contributed by atoms with Gasteiger partial charge in [0.1, 0.15) is 5.84 Å². The number of fused-ring (bicyclic) bond motifs is 1. The molecule has 4 rings (SSSR count). The number of nitrogens with zero attached hydrogens (tertiary/aromatic N) is 2. The first kappa shape index (κ1) is 30.8. The van der Waals surface area contributed by atoms with Gasteiger partial charge < -0.3 is 15.5 Å². The lowest BCUT2D eigenvalue weighted by molar-refractivity contribution is -0.143. The number of piperidine rings is 1. The van der Waals surface area contributed by atoms with E-state index in [1.54, 1.807) is 0 Å². The van der Waals surface area contributed by atoms with Gasteiger partial charge in [-0.1, -0.05) is 18.1 Å². The van der Waals surface area contributed by atoms with E-state index in [-0.39, 0.29) is 47.7 Å². The van der Waals surface area contributed by atoms with Crippen molar-refractivity contribution in [2.24, 2.45) is 22.7 Å². The molecule has 2 fully saturated rings. The minimum atomic E-state index is -4.88. The molecule has 15 heteroatoms. The molecular formula is C25H21F6N3O5S. The van der Waals surface area contributed by atoms with Crippen molar-refractivity contribution < 1.29 is 50.9 Å². The van der Waals surface area contributed by atoms with Crippen LogP contribution in [-0.2, 0) is 28.5 Å². The Balaban J connectivity index is 0.000000482. The molecule has 1 saturated carbocycles. The lowest BCUT2D eigenvalue weighted by atomic mass is 10.0. The zero-order chi connectivity index (χ0) is 29.8. The second-order valence-electron chi connectivity index (χ2n) is 8.89. The topological polar surface area (TPSA) is 119 Å². The van der Waals surface area contributed by atoms with Gasteiger partial charge in [-0.2, -0.15) is 31.3 Å². The maximum Gasteiger partial charge on any atom is 0.416 e. The number of carboxylic acids is 2. The predicted octanol–water partition coefficient (Wildman–Crippen LogP) is 4.49. The fraction of sp³-hybridized carbons (Fsp3) is 0.360. The zero-order valence-electron chi connectivity index (χ0n) is 20.3. The lowest BCUT2D eigenvalue weighted by Gasteiger charge is -2.22. The van der Waals surface area contributed by atoms with Gasteiger partial charge in [0.25, 0.3) is 0 Å². The highest BCUT2D eigenvalue weighted by molar-refractivity contribution is 8.18. The Morgan fingerprint density at radius 2 is 1.70 bits per heavy atom. The number of rotatable bonds is 6. The third kappa shape index (κ3) is 8.12. The molecule has 40 heavy (non-hydrogen) atoms. The van der Waals surface area contributed by atoms with E-state index in [1.165, 1.54) is 0 Å². The monoisotopic (exact) mass is 589 g/mol. The number of carbonyl (C=O) groups is 3. The fourth-order valence-electron chi connectivity index (χ4n) is 4.43. The van der Waals surface area contributed by atoms with Gasteiger partial charge in [0.15, 0.2) is 0 Å². The van der Waals surface area contributed by atoms with Gasteiger partial charge in [-0.15, -0.1) is 6.42 Å². The first-order valence-corrected chi connectivity index (χ1v) is 12.3. The summed E-state index contributed by atoms with van der Waals surface area (Å²) in [4.78, 5) is 37.1. The highest BCUT2D eigenvalue weighted by Crippen LogP contribution is 2.54. The van der Waals surface area contributed by atoms with Gasteiger partial charge in [0.05, 0.1) is 22.6 Å². The van der Waals surface area contributed by atoms with Gasteiger partial charge in [-0.05, 0) is 47.2 Å². The van der Waals surface area contributed by atoms with Gasteiger partial charge in [0.2, 0.25) is 0 Å². The Kier molecular flexibility index (Phi) is 9.36. The Morgan fingerprint density at radius 3 is 2.20 bits per heavy atom. The standard InChI is InChI=1S/C21H17F6N3OS.C4H4O4/c1-2-5-28-18-17(32-19(31)29-18)7-13-14-9-30(10-15(13)14)8-11-3-4-12(20(22,23)24)6-16(11)21(25,26)27;5-3(6)1-2-4(7)8/h1,3-4,6-7,13-15H,5,8-10H2,(H,28,29,31);1-2H,(H,5,6)(H,7,8)/b17-7-;2-1-/t13-,14-,15+;. The van der Waals surface area contributed by atoms with Gasteiger partial charge in [0, 0.05) is 31.8 Å². The Morgan fingerprint density at radius 1 is 1.10 bits per heavy atom. The Labute approximate surface area is 227 Å². The van der Waals surface area contributed by atoms with Crippen LogP contribution in [0.2, 0.25) is 0 Å².